The molecule has 192 valence electrons. The van der Waals surface area contributed by atoms with Crippen molar-refractivity contribution >= 4 is 63.8 Å². The van der Waals surface area contributed by atoms with Crippen LogP contribution in [0.15, 0.2) is 57.9 Å². The van der Waals surface area contributed by atoms with Gasteiger partial charge < -0.3 is 14.5 Å². The topological polar surface area (TPSA) is 88.8 Å². The van der Waals surface area contributed by atoms with Crippen molar-refractivity contribution in [1.29, 1.82) is 0 Å². The highest BCUT2D eigenvalue weighted by atomic mass is 35.5. The first-order chi connectivity index (χ1) is 17.5. The fraction of sp³-hybridized carbons (Fsp3) is 0.125. The molecule has 0 radical (unpaired) electrons. The average Bonchev–Trinajstić information content (AvgIpc) is 3.40. The summed E-state index contributed by atoms with van der Waals surface area (Å²) in [5.41, 5.74) is -0.731. The van der Waals surface area contributed by atoms with Gasteiger partial charge in [-0.15, -0.1) is 0 Å². The second-order valence-corrected chi connectivity index (χ2v) is 9.31. The maximum Gasteiger partial charge on any atom is 0.416 e. The highest BCUT2D eigenvalue weighted by molar-refractivity contribution is 8.18. The number of furan rings is 1. The monoisotopic (exact) mass is 570 g/mol. The third kappa shape index (κ3) is 5.79. The number of hydrogen-bond donors (Lipinski definition) is 1. The molecule has 13 heteroatoms. The molecule has 1 aliphatic heterocycles. The Morgan fingerprint density at radius 3 is 2.62 bits per heavy atom. The Morgan fingerprint density at radius 2 is 1.92 bits per heavy atom. The average molecular weight is 571 g/mol. The number of alkyl halides is 3. The van der Waals surface area contributed by atoms with Crippen LogP contribution in [0.5, 0.6) is 5.75 Å². The molecule has 0 spiro atoms. The van der Waals surface area contributed by atoms with E-state index in [1.54, 1.807) is 30.3 Å². The van der Waals surface area contributed by atoms with Crippen molar-refractivity contribution in [1.82, 2.24) is 4.90 Å². The van der Waals surface area contributed by atoms with Gasteiger partial charge >= 0.3 is 6.18 Å². The maximum atomic E-state index is 13.0. The Morgan fingerprint density at radius 1 is 1.16 bits per heavy atom. The zero-order valence-electron chi connectivity index (χ0n) is 18.7. The number of amides is 3. The van der Waals surface area contributed by atoms with Crippen LogP contribution in [0.2, 0.25) is 10.0 Å². The zero-order chi connectivity index (χ0) is 26.9. The fourth-order valence-electron chi connectivity index (χ4n) is 3.35. The number of carbonyl (C=O) groups is 3. The molecule has 37 heavy (non-hydrogen) atoms. The van der Waals surface area contributed by atoms with E-state index in [2.05, 4.69) is 5.32 Å². The number of benzene rings is 2. The summed E-state index contributed by atoms with van der Waals surface area (Å²) < 4.78 is 49.8. The lowest BCUT2D eigenvalue weighted by Gasteiger charge is -2.16. The molecule has 3 amide bonds. The molecule has 1 aromatic heterocycles. The van der Waals surface area contributed by atoms with E-state index in [0.717, 1.165) is 12.1 Å². The molecule has 1 fully saturated rings. The van der Waals surface area contributed by atoms with E-state index in [0.29, 0.717) is 39.1 Å². The van der Waals surface area contributed by atoms with E-state index in [1.165, 1.54) is 13.2 Å². The van der Waals surface area contributed by atoms with Gasteiger partial charge in [-0.2, -0.15) is 13.2 Å². The summed E-state index contributed by atoms with van der Waals surface area (Å²) in [6, 6.07) is 10.7. The lowest BCUT2D eigenvalue weighted by Crippen LogP contribution is -2.36. The second-order valence-electron chi connectivity index (χ2n) is 7.53. The van der Waals surface area contributed by atoms with E-state index in [4.69, 9.17) is 32.4 Å². The summed E-state index contributed by atoms with van der Waals surface area (Å²) in [5, 5.41) is 2.15. The Labute approximate surface area is 222 Å². The summed E-state index contributed by atoms with van der Waals surface area (Å²) in [5.74, 6) is -1.05. The fourth-order valence-corrected chi connectivity index (χ4v) is 4.56. The van der Waals surface area contributed by atoms with Gasteiger partial charge in [0.2, 0.25) is 5.91 Å². The molecule has 1 aliphatic rings. The second kappa shape index (κ2) is 10.5. The summed E-state index contributed by atoms with van der Waals surface area (Å²) in [7, 11) is 1.22. The molecule has 0 bridgehead atoms. The van der Waals surface area contributed by atoms with Crippen molar-refractivity contribution in [3.63, 3.8) is 0 Å². The highest BCUT2D eigenvalue weighted by Crippen LogP contribution is 2.37. The van der Waals surface area contributed by atoms with Crippen LogP contribution in [0.3, 0.4) is 0 Å². The third-order valence-electron chi connectivity index (χ3n) is 5.09. The Kier molecular flexibility index (Phi) is 7.58. The van der Waals surface area contributed by atoms with Gasteiger partial charge in [0.25, 0.3) is 11.1 Å². The highest BCUT2D eigenvalue weighted by Gasteiger charge is 2.37. The van der Waals surface area contributed by atoms with Gasteiger partial charge in [0, 0.05) is 11.6 Å². The number of imide groups is 1. The van der Waals surface area contributed by atoms with Gasteiger partial charge in [-0.3, -0.25) is 19.3 Å². The van der Waals surface area contributed by atoms with Crippen LogP contribution in [0.1, 0.15) is 11.3 Å². The Balaban J connectivity index is 1.48. The Hall–Kier alpha value is -3.41. The first-order valence-corrected chi connectivity index (χ1v) is 11.9. The molecular weight excluding hydrogens is 556 g/mol. The normalized spacial score (nSPS) is 15.0. The van der Waals surface area contributed by atoms with Crippen LogP contribution in [0.4, 0.5) is 23.7 Å². The first kappa shape index (κ1) is 26.6. The number of methoxy groups -OCH3 is 1. The molecule has 0 atom stereocenters. The van der Waals surface area contributed by atoms with Crippen molar-refractivity contribution < 1.29 is 36.7 Å². The standard InChI is InChI=1S/C24H15Cl2F3N2O5S/c1-35-18-7-5-12(24(27,28)29)9-16(18)30-20(32)11-31-22(33)19(37-23(31)34)10-13-6-8-17(36-13)14-3-2-4-15(25)21(14)26/h2-10H,11H2,1H3,(H,30,32)/b19-10-. The number of rotatable bonds is 6. The largest absolute Gasteiger partial charge is 0.495 e. The lowest BCUT2D eigenvalue weighted by molar-refractivity contribution is -0.137. The minimum atomic E-state index is -4.65. The van der Waals surface area contributed by atoms with Crippen molar-refractivity contribution in [3.05, 3.63) is 74.8 Å². The Bertz CT molecular complexity index is 1440. The molecular formula is C24H15Cl2F3N2O5S. The van der Waals surface area contributed by atoms with E-state index in [-0.39, 0.29) is 27.1 Å². The maximum absolute atomic E-state index is 13.0. The van der Waals surface area contributed by atoms with Crippen LogP contribution in [0.25, 0.3) is 17.4 Å². The molecule has 0 unspecified atom stereocenters. The van der Waals surface area contributed by atoms with Crippen molar-refractivity contribution in [2.24, 2.45) is 0 Å². The molecule has 1 saturated heterocycles. The summed E-state index contributed by atoms with van der Waals surface area (Å²) in [6.45, 7) is -0.719. The third-order valence-corrected chi connectivity index (χ3v) is 6.82. The minimum absolute atomic E-state index is 0.00691. The SMILES string of the molecule is COc1ccc(C(F)(F)F)cc1NC(=O)CN1C(=O)S/C(=C\c2ccc(-c3cccc(Cl)c3Cl)o2)C1=O. The van der Waals surface area contributed by atoms with E-state index < -0.39 is 35.3 Å². The molecule has 7 nitrogen and oxygen atoms in total. The van der Waals surface area contributed by atoms with Crippen LogP contribution in [-0.2, 0) is 15.8 Å². The molecule has 2 heterocycles. The van der Waals surface area contributed by atoms with Crippen molar-refractivity contribution in [3.8, 4) is 17.1 Å². The van der Waals surface area contributed by atoms with Gasteiger partial charge in [-0.05, 0) is 54.2 Å². The van der Waals surface area contributed by atoms with Crippen LogP contribution >= 0.6 is 35.0 Å². The molecule has 1 N–H and O–H groups in total. The van der Waals surface area contributed by atoms with Gasteiger partial charge in [0.1, 0.15) is 23.8 Å². The van der Waals surface area contributed by atoms with Gasteiger partial charge in [-0.1, -0.05) is 29.3 Å². The molecule has 4 rings (SSSR count). The molecule has 0 saturated carbocycles. The van der Waals surface area contributed by atoms with Gasteiger partial charge in [0.05, 0.1) is 33.3 Å². The lowest BCUT2D eigenvalue weighted by atomic mass is 10.1. The van der Waals surface area contributed by atoms with Crippen molar-refractivity contribution in [2.45, 2.75) is 6.18 Å². The number of nitrogens with one attached hydrogen (secondary N) is 1. The number of ether oxygens (including phenoxy) is 1. The molecule has 0 aliphatic carbocycles. The number of nitrogens with zero attached hydrogens (tertiary/aromatic N) is 1. The predicted molar refractivity (Wildman–Crippen MR) is 133 cm³/mol. The van der Waals surface area contributed by atoms with Gasteiger partial charge in [0.15, 0.2) is 0 Å². The van der Waals surface area contributed by atoms with E-state index in [1.807, 2.05) is 0 Å². The quantitative estimate of drug-likeness (QED) is 0.322. The molecule has 2 aromatic carbocycles. The van der Waals surface area contributed by atoms with Crippen molar-refractivity contribution in [2.75, 3.05) is 19.0 Å². The number of carbonyl (C=O) groups excluding carboxylic acids is 3. The number of thioether (sulfide) groups is 1. The first-order valence-electron chi connectivity index (χ1n) is 10.3. The predicted octanol–water partition coefficient (Wildman–Crippen LogP) is 6.96. The summed E-state index contributed by atoms with van der Waals surface area (Å²) in [6.07, 6.45) is -3.31. The van der Waals surface area contributed by atoms with Crippen LogP contribution in [-0.4, -0.2) is 35.6 Å². The van der Waals surface area contributed by atoms with E-state index >= 15 is 0 Å². The smallest absolute Gasteiger partial charge is 0.416 e. The summed E-state index contributed by atoms with van der Waals surface area (Å²) in [4.78, 5) is 38.3. The van der Waals surface area contributed by atoms with Crippen LogP contribution in [0, 0.1) is 0 Å². The number of hydrogen-bond acceptors (Lipinski definition) is 6. The number of anilines is 1. The summed E-state index contributed by atoms with van der Waals surface area (Å²) >= 11 is 12.8. The van der Waals surface area contributed by atoms with Gasteiger partial charge in [-0.25, -0.2) is 0 Å². The van der Waals surface area contributed by atoms with E-state index in [9.17, 15) is 27.6 Å². The minimum Gasteiger partial charge on any atom is -0.495 e. The van der Waals surface area contributed by atoms with Crippen LogP contribution < -0.4 is 10.1 Å². The molecule has 3 aromatic rings. The zero-order valence-corrected chi connectivity index (χ0v) is 21.0. The number of halogens is 5.